The van der Waals surface area contributed by atoms with E-state index in [1.165, 1.54) is 5.56 Å². The van der Waals surface area contributed by atoms with Crippen LogP contribution in [-0.2, 0) is 22.1 Å². The van der Waals surface area contributed by atoms with Gasteiger partial charge in [0.15, 0.2) is 9.84 Å². The van der Waals surface area contributed by atoms with Gasteiger partial charge in [-0.05, 0) is 23.3 Å². The Kier molecular flexibility index (Phi) is 5.85. The van der Waals surface area contributed by atoms with E-state index in [1.807, 2.05) is 30.3 Å². The first-order valence-corrected chi connectivity index (χ1v) is 9.56. The van der Waals surface area contributed by atoms with Gasteiger partial charge >= 0.3 is 0 Å². The Morgan fingerprint density at radius 3 is 2.19 bits per heavy atom. The van der Waals surface area contributed by atoms with E-state index in [2.05, 4.69) is 0 Å². The molecule has 0 bridgehead atoms. The minimum atomic E-state index is -3.20. The summed E-state index contributed by atoms with van der Waals surface area (Å²) >= 11 is 1.64. The number of hydrogen-bond donors (Lipinski definition) is 1. The number of sulfone groups is 1. The van der Waals surface area contributed by atoms with Crippen molar-refractivity contribution in [1.29, 1.82) is 0 Å². The average molecular weight is 321 g/mol. The molecule has 0 unspecified atom stereocenters. The van der Waals surface area contributed by atoms with E-state index in [0.29, 0.717) is 17.2 Å². The van der Waals surface area contributed by atoms with Gasteiger partial charge in [-0.15, -0.1) is 0 Å². The summed E-state index contributed by atoms with van der Waals surface area (Å²) in [4.78, 5) is 0.375. The molecule has 21 heavy (non-hydrogen) atoms. The fourth-order valence-electron chi connectivity index (χ4n) is 1.88. The fraction of sp³-hybridized carbons (Fsp3) is 0.250. The Bertz CT molecular complexity index is 652. The van der Waals surface area contributed by atoms with Gasteiger partial charge in [0, 0.05) is 18.1 Å². The number of benzene rings is 2. The monoisotopic (exact) mass is 321 g/mol. The quantitative estimate of drug-likeness (QED) is 0.797. The van der Waals surface area contributed by atoms with Crippen LogP contribution in [0.1, 0.15) is 11.1 Å². The summed E-state index contributed by atoms with van der Waals surface area (Å²) in [6.45, 7) is 0.424. The maximum absolute atomic E-state index is 12.2. The first-order chi connectivity index (χ1) is 10.1. The molecule has 2 N–H and O–H groups in total. The van der Waals surface area contributed by atoms with E-state index in [4.69, 9.17) is 5.73 Å². The lowest BCUT2D eigenvalue weighted by atomic mass is 10.2. The van der Waals surface area contributed by atoms with Crippen molar-refractivity contribution < 1.29 is 8.42 Å². The van der Waals surface area contributed by atoms with Crippen LogP contribution in [-0.4, -0.2) is 19.9 Å². The smallest absolute Gasteiger partial charge is 0.179 e. The van der Waals surface area contributed by atoms with Crippen LogP contribution in [0, 0.1) is 0 Å². The highest BCUT2D eigenvalue weighted by molar-refractivity contribution is 8.00. The molecule has 0 fully saturated rings. The van der Waals surface area contributed by atoms with Crippen molar-refractivity contribution in [3.8, 4) is 0 Å². The van der Waals surface area contributed by atoms with Crippen molar-refractivity contribution in [2.24, 2.45) is 5.73 Å². The standard InChI is InChI=1S/C16H19NO2S2/c17-12-14-6-8-16(9-7-14)21(18,19)11-10-20-13-15-4-2-1-3-5-15/h1-9H,10-13,17H2. The molecule has 0 saturated heterocycles. The van der Waals surface area contributed by atoms with Crippen molar-refractivity contribution in [3.63, 3.8) is 0 Å². The molecule has 0 radical (unpaired) electrons. The predicted octanol–water partition coefficient (Wildman–Crippen LogP) is 2.85. The Hall–Kier alpha value is -1.30. The Morgan fingerprint density at radius 2 is 1.57 bits per heavy atom. The van der Waals surface area contributed by atoms with E-state index in [1.54, 1.807) is 36.0 Å². The first-order valence-electron chi connectivity index (χ1n) is 6.75. The van der Waals surface area contributed by atoms with Crippen molar-refractivity contribution in [2.75, 3.05) is 11.5 Å². The second-order valence-electron chi connectivity index (χ2n) is 4.71. The van der Waals surface area contributed by atoms with Crippen molar-refractivity contribution in [1.82, 2.24) is 0 Å². The van der Waals surface area contributed by atoms with Crippen LogP contribution in [0.25, 0.3) is 0 Å². The highest BCUT2D eigenvalue weighted by Crippen LogP contribution is 2.16. The van der Waals surface area contributed by atoms with Gasteiger partial charge in [0.25, 0.3) is 0 Å². The molecule has 0 aromatic heterocycles. The summed E-state index contributed by atoms with van der Waals surface area (Å²) in [5, 5.41) is 0. The van der Waals surface area contributed by atoms with Gasteiger partial charge < -0.3 is 5.73 Å². The molecule has 2 aromatic rings. The molecule has 0 amide bonds. The van der Waals surface area contributed by atoms with Gasteiger partial charge in [-0.2, -0.15) is 11.8 Å². The zero-order valence-electron chi connectivity index (χ0n) is 11.7. The lowest BCUT2D eigenvalue weighted by molar-refractivity contribution is 0.597. The summed E-state index contributed by atoms with van der Waals surface area (Å²) in [6, 6.07) is 16.9. The first kappa shape index (κ1) is 16.1. The van der Waals surface area contributed by atoms with E-state index in [-0.39, 0.29) is 5.75 Å². The number of hydrogen-bond acceptors (Lipinski definition) is 4. The van der Waals surface area contributed by atoms with E-state index in [0.717, 1.165) is 11.3 Å². The number of thioether (sulfide) groups is 1. The third-order valence-electron chi connectivity index (χ3n) is 3.13. The molecular weight excluding hydrogens is 302 g/mol. The fourth-order valence-corrected chi connectivity index (χ4v) is 4.59. The zero-order chi connectivity index (χ0) is 15.1. The van der Waals surface area contributed by atoms with Crippen LogP contribution in [0.5, 0.6) is 0 Å². The van der Waals surface area contributed by atoms with Crippen LogP contribution in [0.15, 0.2) is 59.5 Å². The number of nitrogens with two attached hydrogens (primary N) is 1. The normalized spacial score (nSPS) is 11.5. The van der Waals surface area contributed by atoms with Crippen LogP contribution in [0.3, 0.4) is 0 Å². The van der Waals surface area contributed by atoms with Gasteiger partial charge in [-0.3, -0.25) is 0 Å². The van der Waals surface area contributed by atoms with Crippen LogP contribution < -0.4 is 5.73 Å². The molecule has 0 atom stereocenters. The van der Waals surface area contributed by atoms with Crippen LogP contribution in [0.4, 0.5) is 0 Å². The molecule has 3 nitrogen and oxygen atoms in total. The van der Waals surface area contributed by atoms with E-state index < -0.39 is 9.84 Å². The molecule has 0 aliphatic carbocycles. The SMILES string of the molecule is NCc1ccc(S(=O)(=O)CCSCc2ccccc2)cc1. The molecular formula is C16H19NO2S2. The van der Waals surface area contributed by atoms with E-state index >= 15 is 0 Å². The Morgan fingerprint density at radius 1 is 0.905 bits per heavy atom. The highest BCUT2D eigenvalue weighted by Gasteiger charge is 2.13. The molecule has 2 aromatic carbocycles. The molecule has 0 aliphatic rings. The topological polar surface area (TPSA) is 60.2 Å². The van der Waals surface area contributed by atoms with Gasteiger partial charge in [-0.25, -0.2) is 8.42 Å². The van der Waals surface area contributed by atoms with Crippen molar-refractivity contribution in [2.45, 2.75) is 17.2 Å². The molecule has 5 heteroatoms. The van der Waals surface area contributed by atoms with Gasteiger partial charge in [0.05, 0.1) is 10.6 Å². The largest absolute Gasteiger partial charge is 0.326 e. The predicted molar refractivity (Wildman–Crippen MR) is 89.0 cm³/mol. The summed E-state index contributed by atoms with van der Waals surface area (Å²) in [5.74, 6) is 1.59. The lowest BCUT2D eigenvalue weighted by Gasteiger charge is -2.06. The van der Waals surface area contributed by atoms with Gasteiger partial charge in [0.2, 0.25) is 0 Å². The molecule has 0 spiro atoms. The Balaban J connectivity index is 1.86. The second-order valence-corrected chi connectivity index (χ2v) is 7.92. The summed E-state index contributed by atoms with van der Waals surface area (Å²) in [6.07, 6.45) is 0. The van der Waals surface area contributed by atoms with Crippen LogP contribution >= 0.6 is 11.8 Å². The van der Waals surface area contributed by atoms with Gasteiger partial charge in [-0.1, -0.05) is 42.5 Å². The minimum Gasteiger partial charge on any atom is -0.326 e. The minimum absolute atomic E-state index is 0.159. The Labute approximate surface area is 130 Å². The van der Waals surface area contributed by atoms with Crippen LogP contribution in [0.2, 0.25) is 0 Å². The zero-order valence-corrected chi connectivity index (χ0v) is 13.4. The summed E-state index contributed by atoms with van der Waals surface area (Å²) < 4.78 is 24.4. The maximum Gasteiger partial charge on any atom is 0.179 e. The second kappa shape index (κ2) is 7.64. The van der Waals surface area contributed by atoms with Gasteiger partial charge in [0.1, 0.15) is 0 Å². The highest BCUT2D eigenvalue weighted by atomic mass is 32.2. The molecule has 112 valence electrons. The molecule has 0 saturated carbocycles. The van der Waals surface area contributed by atoms with Crippen molar-refractivity contribution >= 4 is 21.6 Å². The lowest BCUT2D eigenvalue weighted by Crippen LogP contribution is -2.09. The van der Waals surface area contributed by atoms with E-state index in [9.17, 15) is 8.42 Å². The molecule has 0 aliphatic heterocycles. The molecule has 0 heterocycles. The average Bonchev–Trinajstić information content (AvgIpc) is 2.53. The maximum atomic E-state index is 12.2. The summed E-state index contributed by atoms with van der Waals surface area (Å²) in [5.41, 5.74) is 7.66. The molecule has 2 rings (SSSR count). The third-order valence-corrected chi connectivity index (χ3v) is 6.15. The van der Waals surface area contributed by atoms with Crippen molar-refractivity contribution in [3.05, 3.63) is 65.7 Å². The number of rotatable bonds is 7. The third kappa shape index (κ3) is 4.88. The summed E-state index contributed by atoms with van der Waals surface area (Å²) in [7, 11) is -3.20.